The van der Waals surface area contributed by atoms with Crippen LogP contribution in [0.4, 0.5) is 0 Å². The van der Waals surface area contributed by atoms with Gasteiger partial charge in [-0.25, -0.2) is 0 Å². The van der Waals surface area contributed by atoms with Gasteiger partial charge in [0.15, 0.2) is 11.5 Å². The van der Waals surface area contributed by atoms with E-state index in [1.165, 1.54) is 0 Å². The van der Waals surface area contributed by atoms with Crippen molar-refractivity contribution in [2.75, 3.05) is 41.0 Å². The van der Waals surface area contributed by atoms with Crippen LogP contribution in [0.3, 0.4) is 0 Å². The van der Waals surface area contributed by atoms with E-state index in [4.69, 9.17) is 25.8 Å². The molecule has 1 aliphatic heterocycles. The average Bonchev–Trinajstić information content (AvgIpc) is 2.94. The van der Waals surface area contributed by atoms with Gasteiger partial charge in [0.2, 0.25) is 0 Å². The van der Waals surface area contributed by atoms with E-state index in [1.54, 1.807) is 19.2 Å². The van der Waals surface area contributed by atoms with Gasteiger partial charge in [-0.1, -0.05) is 23.7 Å². The first-order valence-electron chi connectivity index (χ1n) is 9.17. The fourth-order valence-corrected chi connectivity index (χ4v) is 3.34. The number of rotatable bonds is 6. The molecule has 1 N–H and O–H groups in total. The Labute approximate surface area is 170 Å². The number of carbonyl (C=O) groups excluding carboxylic acids is 1. The topological polar surface area (TPSA) is 60.0 Å². The van der Waals surface area contributed by atoms with Crippen LogP contribution in [0, 0.1) is 0 Å². The number of amides is 1. The molecule has 2 aromatic rings. The summed E-state index contributed by atoms with van der Waals surface area (Å²) in [6.45, 7) is 1.53. The van der Waals surface area contributed by atoms with Crippen LogP contribution in [-0.2, 0) is 0 Å². The summed E-state index contributed by atoms with van der Waals surface area (Å²) in [6.07, 6.45) is 0.777. The highest BCUT2D eigenvalue weighted by molar-refractivity contribution is 6.32. The first kappa shape index (κ1) is 20.3. The SMILES string of the molecule is COc1ccc(C(CNC(=O)c2cc(Cl)c3c(c2)OCCCO3)N(C)C)cc1. The molecule has 0 aromatic heterocycles. The second-order valence-corrected chi connectivity index (χ2v) is 7.21. The molecule has 7 heteroatoms. The zero-order valence-corrected chi connectivity index (χ0v) is 17.1. The van der Waals surface area contributed by atoms with Crippen molar-refractivity contribution in [1.29, 1.82) is 0 Å². The number of hydrogen-bond donors (Lipinski definition) is 1. The van der Waals surface area contributed by atoms with Crippen molar-refractivity contribution >= 4 is 17.5 Å². The Hall–Kier alpha value is -2.44. The van der Waals surface area contributed by atoms with Crippen molar-refractivity contribution in [3.63, 3.8) is 0 Å². The van der Waals surface area contributed by atoms with E-state index in [0.717, 1.165) is 17.7 Å². The Morgan fingerprint density at radius 1 is 1.21 bits per heavy atom. The van der Waals surface area contributed by atoms with Crippen molar-refractivity contribution < 1.29 is 19.0 Å². The van der Waals surface area contributed by atoms with Gasteiger partial charge in [-0.05, 0) is 43.9 Å². The molecule has 0 bridgehead atoms. The lowest BCUT2D eigenvalue weighted by Crippen LogP contribution is -2.34. The van der Waals surface area contributed by atoms with Crippen LogP contribution in [-0.4, -0.2) is 51.8 Å². The lowest BCUT2D eigenvalue weighted by atomic mass is 10.1. The summed E-state index contributed by atoms with van der Waals surface area (Å²) in [4.78, 5) is 14.8. The lowest BCUT2D eigenvalue weighted by molar-refractivity contribution is 0.0941. The highest BCUT2D eigenvalue weighted by Crippen LogP contribution is 2.38. The molecule has 0 saturated heterocycles. The molecule has 1 atom stereocenters. The van der Waals surface area contributed by atoms with Crippen molar-refractivity contribution in [3.05, 3.63) is 52.5 Å². The second kappa shape index (κ2) is 9.17. The minimum absolute atomic E-state index is 0.0192. The number of halogens is 1. The summed E-state index contributed by atoms with van der Waals surface area (Å²) in [5.41, 5.74) is 1.53. The van der Waals surface area contributed by atoms with Gasteiger partial charge >= 0.3 is 0 Å². The van der Waals surface area contributed by atoms with E-state index in [1.807, 2.05) is 38.4 Å². The first-order chi connectivity index (χ1) is 13.5. The molecular formula is C21H25ClN2O4. The summed E-state index contributed by atoms with van der Waals surface area (Å²) >= 11 is 6.30. The molecule has 3 rings (SSSR count). The Balaban J connectivity index is 1.72. The maximum atomic E-state index is 12.7. The number of nitrogens with zero attached hydrogens (tertiary/aromatic N) is 1. The van der Waals surface area contributed by atoms with Crippen LogP contribution in [0.2, 0.25) is 5.02 Å². The molecule has 0 aliphatic carbocycles. The summed E-state index contributed by atoms with van der Waals surface area (Å²) < 4.78 is 16.5. The summed E-state index contributed by atoms with van der Waals surface area (Å²) in [6, 6.07) is 11.1. The molecule has 6 nitrogen and oxygen atoms in total. The normalized spacial score (nSPS) is 14.3. The highest BCUT2D eigenvalue weighted by Gasteiger charge is 2.20. The number of likely N-dealkylation sites (N-methyl/N-ethyl adjacent to an activating group) is 1. The van der Waals surface area contributed by atoms with Gasteiger partial charge in [0, 0.05) is 18.5 Å². The van der Waals surface area contributed by atoms with Gasteiger partial charge in [0.25, 0.3) is 5.91 Å². The van der Waals surface area contributed by atoms with Crippen LogP contribution in [0.15, 0.2) is 36.4 Å². The minimum Gasteiger partial charge on any atom is -0.497 e. The van der Waals surface area contributed by atoms with Gasteiger partial charge in [0.05, 0.1) is 31.4 Å². The number of benzene rings is 2. The minimum atomic E-state index is -0.210. The van der Waals surface area contributed by atoms with E-state index in [9.17, 15) is 4.79 Å². The number of methoxy groups -OCH3 is 1. The number of hydrogen-bond acceptors (Lipinski definition) is 5. The summed E-state index contributed by atoms with van der Waals surface area (Å²) in [7, 11) is 5.59. The Morgan fingerprint density at radius 2 is 1.93 bits per heavy atom. The van der Waals surface area contributed by atoms with Gasteiger partial charge in [-0.2, -0.15) is 0 Å². The molecule has 1 heterocycles. The average molecular weight is 405 g/mol. The number of nitrogens with one attached hydrogen (secondary N) is 1. The second-order valence-electron chi connectivity index (χ2n) is 6.80. The van der Waals surface area contributed by atoms with Crippen molar-refractivity contribution in [3.8, 4) is 17.2 Å². The predicted octanol–water partition coefficient (Wildman–Crippen LogP) is 3.54. The van der Waals surface area contributed by atoms with Crippen LogP contribution in [0.1, 0.15) is 28.4 Å². The molecule has 150 valence electrons. The van der Waals surface area contributed by atoms with Crippen LogP contribution < -0.4 is 19.5 Å². The fourth-order valence-electron chi connectivity index (χ4n) is 3.08. The van der Waals surface area contributed by atoms with E-state index in [-0.39, 0.29) is 11.9 Å². The zero-order valence-electron chi connectivity index (χ0n) is 16.3. The third-order valence-electron chi connectivity index (χ3n) is 4.64. The van der Waals surface area contributed by atoms with Crippen molar-refractivity contribution in [1.82, 2.24) is 10.2 Å². The molecule has 1 unspecified atom stereocenters. The maximum Gasteiger partial charge on any atom is 0.251 e. The molecule has 0 radical (unpaired) electrons. The molecule has 1 aliphatic rings. The molecule has 0 fully saturated rings. The largest absolute Gasteiger partial charge is 0.497 e. The Morgan fingerprint density at radius 3 is 2.61 bits per heavy atom. The smallest absolute Gasteiger partial charge is 0.251 e. The standard InChI is InChI=1S/C21H25ClN2O4/c1-24(2)18(14-5-7-16(26-3)8-6-14)13-23-21(25)15-11-17(22)20-19(12-15)27-9-4-10-28-20/h5-8,11-12,18H,4,9-10,13H2,1-3H3,(H,23,25). The van der Waals surface area contributed by atoms with Crippen molar-refractivity contribution in [2.24, 2.45) is 0 Å². The monoisotopic (exact) mass is 404 g/mol. The predicted molar refractivity (Wildman–Crippen MR) is 109 cm³/mol. The van der Waals surface area contributed by atoms with E-state index in [2.05, 4.69) is 10.2 Å². The number of fused-ring (bicyclic) bond motifs is 1. The van der Waals surface area contributed by atoms with Crippen LogP contribution in [0.5, 0.6) is 17.2 Å². The molecular weight excluding hydrogens is 380 g/mol. The maximum absolute atomic E-state index is 12.7. The third-order valence-corrected chi connectivity index (χ3v) is 4.93. The van der Waals surface area contributed by atoms with Gasteiger partial charge in [-0.15, -0.1) is 0 Å². The van der Waals surface area contributed by atoms with Crippen molar-refractivity contribution in [2.45, 2.75) is 12.5 Å². The zero-order chi connectivity index (χ0) is 20.1. The van der Waals surface area contributed by atoms with Crippen LogP contribution >= 0.6 is 11.6 Å². The Bertz CT molecular complexity index is 824. The van der Waals surface area contributed by atoms with Gasteiger partial charge in [-0.3, -0.25) is 4.79 Å². The molecule has 2 aromatic carbocycles. The number of carbonyl (C=O) groups is 1. The molecule has 0 saturated carbocycles. The van der Waals surface area contributed by atoms with Gasteiger partial charge < -0.3 is 24.4 Å². The van der Waals surface area contributed by atoms with E-state index in [0.29, 0.717) is 41.8 Å². The summed E-state index contributed by atoms with van der Waals surface area (Å²) in [5, 5.41) is 3.37. The third kappa shape index (κ3) is 4.69. The van der Waals surface area contributed by atoms with E-state index >= 15 is 0 Å². The molecule has 28 heavy (non-hydrogen) atoms. The molecule has 0 spiro atoms. The summed E-state index contributed by atoms with van der Waals surface area (Å²) in [5.74, 6) is 1.60. The first-order valence-corrected chi connectivity index (χ1v) is 9.55. The number of ether oxygens (including phenoxy) is 3. The van der Waals surface area contributed by atoms with Crippen LogP contribution in [0.25, 0.3) is 0 Å². The quantitative estimate of drug-likeness (QED) is 0.797. The van der Waals surface area contributed by atoms with E-state index < -0.39 is 0 Å². The fraction of sp³-hybridized carbons (Fsp3) is 0.381. The molecule has 1 amide bonds. The van der Waals surface area contributed by atoms with Gasteiger partial charge in [0.1, 0.15) is 5.75 Å². The Kier molecular flexibility index (Phi) is 6.65. The lowest BCUT2D eigenvalue weighted by Gasteiger charge is -2.25. The highest BCUT2D eigenvalue weighted by atomic mass is 35.5.